The van der Waals surface area contributed by atoms with E-state index in [0.29, 0.717) is 5.69 Å². The first kappa shape index (κ1) is 24.6. The largest absolute Gasteiger partial charge is 0.379 e. The lowest BCUT2D eigenvalue weighted by Crippen LogP contribution is -2.26. The minimum atomic E-state index is -0.198. The quantitative estimate of drug-likeness (QED) is 0.306. The Morgan fingerprint density at radius 1 is 0.750 bits per heavy atom. The molecular weight excluding hydrogens is 348 g/mol. The van der Waals surface area contributed by atoms with Crippen LogP contribution in [0.25, 0.3) is 0 Å². The molecule has 0 unspecified atom stereocenters. The van der Waals surface area contributed by atoms with E-state index < -0.39 is 0 Å². The normalized spacial score (nSPS) is 11.1. The van der Waals surface area contributed by atoms with Gasteiger partial charge in [0.05, 0.1) is 5.69 Å². The van der Waals surface area contributed by atoms with Gasteiger partial charge in [0.25, 0.3) is 0 Å². The van der Waals surface area contributed by atoms with E-state index in [9.17, 15) is 4.79 Å². The van der Waals surface area contributed by atoms with Crippen molar-refractivity contribution in [3.63, 3.8) is 0 Å². The van der Waals surface area contributed by atoms with Crippen LogP contribution in [0.1, 0.15) is 116 Å². The van der Waals surface area contributed by atoms with Gasteiger partial charge in [-0.2, -0.15) is 0 Å². The van der Waals surface area contributed by atoms with E-state index in [1.165, 1.54) is 64.2 Å². The summed E-state index contributed by atoms with van der Waals surface area (Å²) in [5.41, 5.74) is 1.57. The molecule has 0 aliphatic heterocycles. The molecular formula is C23H44N4O. The summed E-state index contributed by atoms with van der Waals surface area (Å²) in [6, 6.07) is 0. The molecule has 0 saturated heterocycles. The number of anilines is 1. The van der Waals surface area contributed by atoms with Crippen molar-refractivity contribution < 1.29 is 0 Å². The van der Waals surface area contributed by atoms with Crippen LogP contribution >= 0.6 is 0 Å². The summed E-state index contributed by atoms with van der Waals surface area (Å²) in [6.45, 7) is 8.36. The summed E-state index contributed by atoms with van der Waals surface area (Å²) in [4.78, 5) is 12.4. The first-order valence-electron chi connectivity index (χ1n) is 11.9. The topological polar surface area (TPSA) is 59.8 Å². The maximum Gasteiger partial charge on any atom is 0.314 e. The highest BCUT2D eigenvalue weighted by molar-refractivity contribution is 5.45. The number of rotatable bonds is 18. The second-order valence-electron chi connectivity index (χ2n) is 8.01. The van der Waals surface area contributed by atoms with Gasteiger partial charge in [-0.25, -0.2) is 4.68 Å². The van der Waals surface area contributed by atoms with Gasteiger partial charge in [0.1, 0.15) is 5.69 Å². The van der Waals surface area contributed by atoms with Gasteiger partial charge in [0, 0.05) is 13.1 Å². The van der Waals surface area contributed by atoms with Crippen molar-refractivity contribution in [2.45, 2.75) is 124 Å². The van der Waals surface area contributed by atoms with Gasteiger partial charge in [0.15, 0.2) is 0 Å². The molecule has 162 valence electrons. The molecule has 1 N–H and O–H groups in total. The Balaban J connectivity index is 2.69. The van der Waals surface area contributed by atoms with Crippen molar-refractivity contribution in [3.8, 4) is 0 Å². The Bertz CT molecular complexity index is 556. The van der Waals surface area contributed by atoms with Crippen LogP contribution in [0, 0.1) is 0 Å². The fourth-order valence-corrected chi connectivity index (χ4v) is 3.57. The van der Waals surface area contributed by atoms with Crippen LogP contribution in [0.15, 0.2) is 4.79 Å². The predicted octanol–water partition coefficient (Wildman–Crippen LogP) is 6.11. The van der Waals surface area contributed by atoms with Crippen LogP contribution in [-0.2, 0) is 13.0 Å². The summed E-state index contributed by atoms with van der Waals surface area (Å²) in [6.07, 6.45) is 18.2. The van der Waals surface area contributed by atoms with Gasteiger partial charge < -0.3 is 5.32 Å². The minimum Gasteiger partial charge on any atom is -0.379 e. The van der Waals surface area contributed by atoms with Crippen LogP contribution in [0.5, 0.6) is 0 Å². The molecule has 28 heavy (non-hydrogen) atoms. The van der Waals surface area contributed by atoms with Gasteiger partial charge in [0.2, 0.25) is 0 Å². The molecule has 0 radical (unpaired) electrons. The number of aromatic nitrogens is 3. The lowest BCUT2D eigenvalue weighted by atomic mass is 10.1. The molecule has 1 aromatic rings. The average Bonchev–Trinajstić information content (AvgIpc) is 2.70. The summed E-state index contributed by atoms with van der Waals surface area (Å²) in [5.74, 6) is 0. The molecule has 1 heterocycles. The predicted molar refractivity (Wildman–Crippen MR) is 120 cm³/mol. The number of hydrogen-bond acceptors (Lipinski definition) is 4. The maximum atomic E-state index is 12.4. The van der Waals surface area contributed by atoms with Crippen LogP contribution in [0.2, 0.25) is 0 Å². The summed E-state index contributed by atoms with van der Waals surface area (Å²) in [7, 11) is 0. The Hall–Kier alpha value is -1.39. The lowest BCUT2D eigenvalue weighted by molar-refractivity contribution is 0.474. The molecule has 5 heteroatoms. The highest BCUT2D eigenvalue weighted by atomic mass is 16.1. The molecule has 0 atom stereocenters. The van der Waals surface area contributed by atoms with E-state index in [1.54, 1.807) is 0 Å². The smallest absolute Gasteiger partial charge is 0.314 e. The van der Waals surface area contributed by atoms with E-state index in [0.717, 1.165) is 50.9 Å². The van der Waals surface area contributed by atoms with Gasteiger partial charge in [-0.3, -0.25) is 4.79 Å². The Morgan fingerprint density at radius 2 is 1.32 bits per heavy atom. The second kappa shape index (κ2) is 16.6. The first-order chi connectivity index (χ1) is 13.7. The minimum absolute atomic E-state index is 0.198. The van der Waals surface area contributed by atoms with Gasteiger partial charge in [-0.15, -0.1) is 0 Å². The monoisotopic (exact) mass is 392 g/mol. The van der Waals surface area contributed by atoms with Crippen LogP contribution < -0.4 is 10.9 Å². The van der Waals surface area contributed by atoms with Crippen molar-refractivity contribution in [1.29, 1.82) is 0 Å². The molecule has 0 fully saturated rings. The number of nitrogens with zero attached hydrogens (tertiary/aromatic N) is 3. The Morgan fingerprint density at radius 3 is 1.96 bits per heavy atom. The van der Waals surface area contributed by atoms with Crippen molar-refractivity contribution in [2.24, 2.45) is 0 Å². The fraction of sp³-hybridized carbons (Fsp3) is 0.870. The SMILES string of the molecule is CCCCCCCCc1c(NCCCC)c(=O)nnn1CCCCCCCC. The molecule has 0 aliphatic carbocycles. The van der Waals surface area contributed by atoms with E-state index in [2.05, 4.69) is 36.4 Å². The number of hydrogen-bond donors (Lipinski definition) is 1. The molecule has 0 spiro atoms. The van der Waals surface area contributed by atoms with Crippen molar-refractivity contribution in [3.05, 3.63) is 16.0 Å². The fourth-order valence-electron chi connectivity index (χ4n) is 3.57. The first-order valence-corrected chi connectivity index (χ1v) is 11.9. The molecule has 0 saturated carbocycles. The van der Waals surface area contributed by atoms with E-state index in [-0.39, 0.29) is 5.56 Å². The standard InChI is InChI=1S/C23H44N4O/c1-4-7-10-12-14-16-18-21-22(24-19-9-6-3)23(28)25-26-27(21)20-17-15-13-11-8-5-2/h24H,4-20H2,1-3H3. The maximum absolute atomic E-state index is 12.4. The summed E-state index contributed by atoms with van der Waals surface area (Å²) < 4.78 is 2.00. The zero-order chi connectivity index (χ0) is 20.5. The van der Waals surface area contributed by atoms with Crippen molar-refractivity contribution in [2.75, 3.05) is 11.9 Å². The molecule has 1 aromatic heterocycles. The van der Waals surface area contributed by atoms with E-state index >= 15 is 0 Å². The molecule has 1 rings (SSSR count). The molecule has 0 aromatic carbocycles. The third kappa shape index (κ3) is 10.2. The number of unbranched alkanes of at least 4 members (excludes halogenated alkanes) is 11. The van der Waals surface area contributed by atoms with E-state index in [4.69, 9.17) is 0 Å². The zero-order valence-corrected chi connectivity index (χ0v) is 18.8. The molecule has 0 bridgehead atoms. The van der Waals surface area contributed by atoms with Crippen LogP contribution in [-0.4, -0.2) is 21.5 Å². The van der Waals surface area contributed by atoms with Crippen LogP contribution in [0.3, 0.4) is 0 Å². The van der Waals surface area contributed by atoms with Gasteiger partial charge in [-0.05, 0) is 25.7 Å². The number of nitrogens with one attached hydrogen (secondary N) is 1. The van der Waals surface area contributed by atoms with E-state index in [1.807, 2.05) is 4.68 Å². The Labute approximate surface area is 172 Å². The third-order valence-electron chi connectivity index (χ3n) is 5.38. The lowest BCUT2D eigenvalue weighted by Gasteiger charge is -2.16. The van der Waals surface area contributed by atoms with Gasteiger partial charge >= 0.3 is 5.56 Å². The second-order valence-corrected chi connectivity index (χ2v) is 8.01. The molecule has 0 amide bonds. The highest BCUT2D eigenvalue weighted by Crippen LogP contribution is 2.16. The average molecular weight is 393 g/mol. The third-order valence-corrected chi connectivity index (χ3v) is 5.38. The van der Waals surface area contributed by atoms with Crippen molar-refractivity contribution in [1.82, 2.24) is 15.0 Å². The molecule has 5 nitrogen and oxygen atoms in total. The molecule has 0 aliphatic rings. The summed E-state index contributed by atoms with van der Waals surface area (Å²) in [5, 5.41) is 11.5. The highest BCUT2D eigenvalue weighted by Gasteiger charge is 2.13. The number of aryl methyl sites for hydroxylation is 1. The van der Waals surface area contributed by atoms with Crippen LogP contribution in [0.4, 0.5) is 5.69 Å². The van der Waals surface area contributed by atoms with Crippen molar-refractivity contribution >= 4 is 5.69 Å². The Kier molecular flexibility index (Phi) is 14.6. The summed E-state index contributed by atoms with van der Waals surface area (Å²) >= 11 is 0. The zero-order valence-electron chi connectivity index (χ0n) is 18.8. The van der Waals surface area contributed by atoms with Gasteiger partial charge in [-0.1, -0.05) is 102 Å².